The highest BCUT2D eigenvalue weighted by atomic mass is 32.2. The molecule has 2 heterocycles. The quantitative estimate of drug-likeness (QED) is 0.141. The van der Waals surface area contributed by atoms with E-state index in [0.29, 0.717) is 35.8 Å². The van der Waals surface area contributed by atoms with Crippen LogP contribution in [0, 0.1) is 12.8 Å². The maximum Gasteiger partial charge on any atom is 0.340 e. The van der Waals surface area contributed by atoms with Crippen LogP contribution in [0.25, 0.3) is 0 Å². The van der Waals surface area contributed by atoms with Crippen LogP contribution in [-0.2, 0) is 28.2 Å². The third kappa shape index (κ3) is 11.0. The minimum Gasteiger partial charge on any atom is -0.375 e. The van der Waals surface area contributed by atoms with Crippen LogP contribution in [0.5, 0.6) is 0 Å². The first-order valence-electron chi connectivity index (χ1n) is 13.7. The van der Waals surface area contributed by atoms with Gasteiger partial charge in [-0.05, 0) is 50.8 Å². The molecule has 1 amide bonds. The van der Waals surface area contributed by atoms with E-state index >= 15 is 0 Å². The van der Waals surface area contributed by atoms with Crippen LogP contribution in [0.4, 0.5) is 10.3 Å². The molecule has 3 aromatic rings. The molecule has 1 aliphatic carbocycles. The molecule has 0 spiro atoms. The molecule has 3 N–H and O–H groups in total. The topological polar surface area (TPSA) is 151 Å². The first-order chi connectivity index (χ1) is 19.9. The average Bonchev–Trinajstić information content (AvgIpc) is 3.69. The lowest BCUT2D eigenvalue weighted by molar-refractivity contribution is -0.118. The monoisotopic (exact) mass is 674 g/mol. The number of carbonyl (C=O) groups is 1. The van der Waals surface area contributed by atoms with Gasteiger partial charge >= 0.3 is 7.60 Å². The summed E-state index contributed by atoms with van der Waals surface area (Å²) in [4.78, 5) is 22.9. The summed E-state index contributed by atoms with van der Waals surface area (Å²) in [5.74, 6) is -0.0962. The summed E-state index contributed by atoms with van der Waals surface area (Å²) in [7, 11) is -6.49. The molecule has 0 bridgehead atoms. The lowest BCUT2D eigenvalue weighted by Crippen LogP contribution is -2.23. The molecule has 15 heteroatoms. The molecule has 42 heavy (non-hydrogen) atoms. The van der Waals surface area contributed by atoms with Gasteiger partial charge in [-0.1, -0.05) is 49.2 Å². The number of hydrogen-bond acceptors (Lipinski definition) is 12. The maximum atomic E-state index is 13.3. The second kappa shape index (κ2) is 16.3. The number of carbonyl (C=O) groups excluding carboxylic acids is 1. The van der Waals surface area contributed by atoms with Crippen molar-refractivity contribution in [2.75, 3.05) is 36.0 Å². The number of nitrogens with two attached hydrogens (primary N) is 1. The van der Waals surface area contributed by atoms with Gasteiger partial charge in [0.25, 0.3) is 0 Å². The Morgan fingerprint density at radius 3 is 2.26 bits per heavy atom. The van der Waals surface area contributed by atoms with Gasteiger partial charge < -0.3 is 20.1 Å². The Hall–Kier alpha value is -1.80. The fourth-order valence-corrected chi connectivity index (χ4v) is 9.91. The number of nitrogen functional groups attached to an aromatic ring is 1. The summed E-state index contributed by atoms with van der Waals surface area (Å²) in [5, 5.41) is 4.05. The number of nitrogens with zero attached hydrogens (tertiary/aromatic N) is 2. The third-order valence-corrected chi connectivity index (χ3v) is 13.1. The highest BCUT2D eigenvalue weighted by molar-refractivity contribution is 8.06. The third-order valence-electron chi connectivity index (χ3n) is 6.44. The Kier molecular flexibility index (Phi) is 13.5. The standard InChI is InChI=1S/C23H33N2O6PS3.C4H6N2S/c1-4-30-32(27,31-5-2)16-33-21-15-24-23(34-21)25-22(26)20(14-17-8-6-7-9-17)18-10-12-19(13-11-18)35(3,28)29;1-3-2-6-4(5)7-3/h10-13,15,17,20H,4-9,14,16H2,1-3H3,(H,24,25,26);2H,1H3,(H2,5,6)/t20-;/m1./s1. The normalized spacial score (nSPS) is 14.8. The van der Waals surface area contributed by atoms with Gasteiger partial charge in [0, 0.05) is 17.3 Å². The number of aromatic nitrogens is 2. The molecule has 1 atom stereocenters. The Labute approximate surface area is 260 Å². The molecular formula is C27H39N4O6PS4. The van der Waals surface area contributed by atoms with Gasteiger partial charge in [0.15, 0.2) is 20.1 Å². The number of amides is 1. The summed E-state index contributed by atoms with van der Waals surface area (Å²) in [6.45, 7) is 6.12. The van der Waals surface area contributed by atoms with Gasteiger partial charge in [0.2, 0.25) is 5.91 Å². The van der Waals surface area contributed by atoms with Crippen molar-refractivity contribution in [3.05, 3.63) is 47.1 Å². The fraction of sp³-hybridized carbons (Fsp3) is 0.519. The summed E-state index contributed by atoms with van der Waals surface area (Å²) >= 11 is 4.14. The maximum absolute atomic E-state index is 13.3. The van der Waals surface area contributed by atoms with Gasteiger partial charge in [-0.25, -0.2) is 18.4 Å². The van der Waals surface area contributed by atoms with Gasteiger partial charge in [0.05, 0.1) is 34.4 Å². The predicted octanol–water partition coefficient (Wildman–Crippen LogP) is 7.20. The Morgan fingerprint density at radius 2 is 1.76 bits per heavy atom. The molecule has 2 aromatic heterocycles. The van der Waals surface area contributed by atoms with Gasteiger partial charge in [0.1, 0.15) is 5.49 Å². The molecular weight excluding hydrogens is 636 g/mol. The van der Waals surface area contributed by atoms with Gasteiger partial charge in [-0.2, -0.15) is 0 Å². The largest absolute Gasteiger partial charge is 0.375 e. The van der Waals surface area contributed by atoms with Crippen LogP contribution < -0.4 is 11.1 Å². The molecule has 0 unspecified atom stereocenters. The molecule has 1 fully saturated rings. The molecule has 0 aliphatic heterocycles. The Morgan fingerprint density at radius 1 is 1.12 bits per heavy atom. The number of rotatable bonds is 13. The van der Waals surface area contributed by atoms with E-state index < -0.39 is 23.4 Å². The molecule has 232 valence electrons. The van der Waals surface area contributed by atoms with Crippen molar-refractivity contribution in [3.8, 4) is 0 Å². The van der Waals surface area contributed by atoms with Crippen LogP contribution in [0.2, 0.25) is 0 Å². The molecule has 1 aliphatic rings. The number of sulfone groups is 1. The van der Waals surface area contributed by atoms with E-state index in [1.54, 1.807) is 50.5 Å². The number of nitrogens with one attached hydrogen (secondary N) is 1. The van der Waals surface area contributed by atoms with Crippen LogP contribution in [0.1, 0.15) is 62.3 Å². The number of aryl methyl sites for hydroxylation is 1. The summed E-state index contributed by atoms with van der Waals surface area (Å²) in [6, 6.07) is 6.59. The summed E-state index contributed by atoms with van der Waals surface area (Å²) < 4.78 is 47.8. The van der Waals surface area contributed by atoms with Crippen LogP contribution in [-0.4, -0.2) is 49.3 Å². The van der Waals surface area contributed by atoms with Crippen molar-refractivity contribution >= 4 is 68.0 Å². The number of benzene rings is 1. The molecule has 0 saturated heterocycles. The minimum atomic E-state index is -3.31. The van der Waals surface area contributed by atoms with Crippen molar-refractivity contribution in [1.82, 2.24) is 9.97 Å². The molecule has 0 radical (unpaired) electrons. The van der Waals surface area contributed by atoms with Gasteiger partial charge in [-0.15, -0.1) is 23.1 Å². The molecule has 4 rings (SSSR count). The highest BCUT2D eigenvalue weighted by Crippen LogP contribution is 2.52. The first kappa shape index (κ1) is 34.7. The molecule has 10 nitrogen and oxygen atoms in total. The van der Waals surface area contributed by atoms with Gasteiger partial charge in [-0.3, -0.25) is 9.36 Å². The van der Waals surface area contributed by atoms with Crippen LogP contribution in [0.3, 0.4) is 0 Å². The average molecular weight is 675 g/mol. The van der Waals surface area contributed by atoms with E-state index in [0.717, 1.165) is 27.5 Å². The van der Waals surface area contributed by atoms with E-state index in [9.17, 15) is 17.8 Å². The number of thiazole rings is 2. The second-order valence-corrected chi connectivity index (χ2v) is 17.9. The zero-order chi connectivity index (χ0) is 30.8. The zero-order valence-electron chi connectivity index (χ0n) is 24.3. The number of thioether (sulfide) groups is 1. The van der Waals surface area contributed by atoms with Crippen molar-refractivity contribution in [3.63, 3.8) is 0 Å². The second-order valence-electron chi connectivity index (χ2n) is 9.78. The fourth-order valence-electron chi connectivity index (χ4n) is 4.52. The molecule has 1 saturated carbocycles. The van der Waals surface area contributed by atoms with Crippen molar-refractivity contribution < 1.29 is 26.8 Å². The molecule has 1 aromatic carbocycles. The number of anilines is 2. The summed E-state index contributed by atoms with van der Waals surface area (Å²) in [5.41, 5.74) is 6.25. The summed E-state index contributed by atoms with van der Waals surface area (Å²) in [6.07, 6.45) is 9.83. The van der Waals surface area contributed by atoms with E-state index in [4.69, 9.17) is 14.8 Å². The predicted molar refractivity (Wildman–Crippen MR) is 172 cm³/mol. The van der Waals surface area contributed by atoms with Crippen LogP contribution >= 0.6 is 42.0 Å². The lowest BCUT2D eigenvalue weighted by Gasteiger charge is -2.20. The van der Waals surface area contributed by atoms with Crippen molar-refractivity contribution in [2.24, 2.45) is 5.92 Å². The Balaban J connectivity index is 0.000000603. The van der Waals surface area contributed by atoms with E-state index in [-0.39, 0.29) is 16.3 Å². The first-order valence-corrected chi connectivity index (χ1v) is 19.9. The van der Waals surface area contributed by atoms with E-state index in [1.807, 2.05) is 6.92 Å². The van der Waals surface area contributed by atoms with Crippen molar-refractivity contribution in [1.29, 1.82) is 0 Å². The van der Waals surface area contributed by atoms with E-state index in [1.165, 1.54) is 53.5 Å². The highest BCUT2D eigenvalue weighted by Gasteiger charge is 2.28. The smallest absolute Gasteiger partial charge is 0.340 e. The minimum absolute atomic E-state index is 0.163. The lowest BCUT2D eigenvalue weighted by atomic mass is 9.87. The van der Waals surface area contributed by atoms with E-state index in [2.05, 4.69) is 15.3 Å². The zero-order valence-corrected chi connectivity index (χ0v) is 28.4. The van der Waals surface area contributed by atoms with Crippen molar-refractivity contribution in [2.45, 2.75) is 67.9 Å². The Bertz CT molecular complexity index is 1410. The number of hydrogen-bond donors (Lipinski definition) is 2. The van der Waals surface area contributed by atoms with Crippen LogP contribution in [0.15, 0.2) is 45.8 Å². The SMILES string of the molecule is CCOP(=O)(CSc1cnc(NC(=O)[C@H](CC2CCCC2)c2ccc(S(C)(=O)=O)cc2)s1)OCC.Cc1cnc(N)s1.